The first-order chi connectivity index (χ1) is 14.6. The molecule has 0 spiro atoms. The number of methoxy groups -OCH3 is 3. The van der Waals surface area contributed by atoms with E-state index in [1.54, 1.807) is 26.9 Å². The van der Waals surface area contributed by atoms with Crippen molar-refractivity contribution in [2.75, 3.05) is 41.5 Å². The van der Waals surface area contributed by atoms with E-state index in [0.717, 1.165) is 56.0 Å². The van der Waals surface area contributed by atoms with Crippen LogP contribution in [0.25, 0.3) is 0 Å². The van der Waals surface area contributed by atoms with Gasteiger partial charge in [-0.15, -0.1) is 0 Å². The van der Waals surface area contributed by atoms with Crippen molar-refractivity contribution >= 4 is 0 Å². The van der Waals surface area contributed by atoms with Crippen molar-refractivity contribution in [3.8, 4) is 17.2 Å². The van der Waals surface area contributed by atoms with Crippen molar-refractivity contribution in [3.05, 3.63) is 64.7 Å². The van der Waals surface area contributed by atoms with Crippen molar-refractivity contribution in [1.29, 1.82) is 0 Å². The van der Waals surface area contributed by atoms with E-state index < -0.39 is 0 Å². The lowest BCUT2D eigenvalue weighted by atomic mass is 10.0. The van der Waals surface area contributed by atoms with Gasteiger partial charge >= 0.3 is 0 Å². The quantitative estimate of drug-likeness (QED) is 0.512. The standard InChI is InChI=1S/C26H35NO3/c1-27(16-14-21-7-5-9-24(17-21)28-2)15-6-8-20-10-12-22-18-25(29-3)26(30-4)19-23(22)13-11-20/h5,7,9-10,17-19H,6,8,11-16H2,1-4H3. The molecule has 3 rings (SSSR count). The monoisotopic (exact) mass is 409 g/mol. The molecule has 0 unspecified atom stereocenters. The topological polar surface area (TPSA) is 30.9 Å². The number of likely N-dealkylation sites (N-methyl/N-ethyl adjacent to an activating group) is 1. The molecule has 0 aliphatic heterocycles. The predicted octanol–water partition coefficient (Wildman–Crippen LogP) is 5.08. The summed E-state index contributed by atoms with van der Waals surface area (Å²) in [6.07, 6.45) is 9.04. The van der Waals surface area contributed by atoms with Gasteiger partial charge in [-0.25, -0.2) is 0 Å². The van der Waals surface area contributed by atoms with Crippen molar-refractivity contribution < 1.29 is 14.2 Å². The fraction of sp³-hybridized carbons (Fsp3) is 0.462. The average molecular weight is 410 g/mol. The summed E-state index contributed by atoms with van der Waals surface area (Å²) in [5.74, 6) is 2.59. The molecule has 0 saturated carbocycles. The SMILES string of the molecule is COc1cccc(CCN(C)CCCC2=CCc3cc(OC)c(OC)cc3CC2)c1. The predicted molar refractivity (Wildman–Crippen MR) is 123 cm³/mol. The van der Waals surface area contributed by atoms with Gasteiger partial charge in [0.05, 0.1) is 21.3 Å². The summed E-state index contributed by atoms with van der Waals surface area (Å²) in [6, 6.07) is 12.7. The van der Waals surface area contributed by atoms with Crippen LogP contribution in [0.5, 0.6) is 17.2 Å². The molecular formula is C26H35NO3. The molecule has 0 amide bonds. The second-order valence-electron chi connectivity index (χ2n) is 8.05. The highest BCUT2D eigenvalue weighted by atomic mass is 16.5. The minimum Gasteiger partial charge on any atom is -0.497 e. The number of nitrogens with zero attached hydrogens (tertiary/aromatic N) is 1. The Hall–Kier alpha value is -2.46. The fourth-order valence-electron chi connectivity index (χ4n) is 4.10. The molecule has 0 radical (unpaired) electrons. The van der Waals surface area contributed by atoms with Crippen LogP contribution in [0.2, 0.25) is 0 Å². The highest BCUT2D eigenvalue weighted by Crippen LogP contribution is 2.33. The average Bonchev–Trinajstić information content (AvgIpc) is 2.98. The molecule has 0 bridgehead atoms. The maximum Gasteiger partial charge on any atom is 0.161 e. The van der Waals surface area contributed by atoms with Crippen LogP contribution in [0.1, 0.15) is 36.0 Å². The van der Waals surface area contributed by atoms with Gasteiger partial charge < -0.3 is 19.1 Å². The number of ether oxygens (including phenoxy) is 3. The molecule has 2 aromatic carbocycles. The molecule has 0 saturated heterocycles. The molecule has 0 aromatic heterocycles. The maximum atomic E-state index is 5.47. The molecule has 30 heavy (non-hydrogen) atoms. The molecule has 162 valence electrons. The first-order valence-electron chi connectivity index (χ1n) is 10.9. The van der Waals surface area contributed by atoms with Crippen LogP contribution in [0, 0.1) is 0 Å². The van der Waals surface area contributed by atoms with Gasteiger partial charge in [0.1, 0.15) is 5.75 Å². The van der Waals surface area contributed by atoms with Crippen molar-refractivity contribution in [2.24, 2.45) is 0 Å². The van der Waals surface area contributed by atoms with E-state index in [1.807, 2.05) is 6.07 Å². The van der Waals surface area contributed by atoms with Gasteiger partial charge in [-0.05, 0) is 93.1 Å². The Bertz CT molecular complexity index is 859. The Labute approximate surface area is 181 Å². The Kier molecular flexibility index (Phi) is 8.21. The van der Waals surface area contributed by atoms with Crippen LogP contribution in [0.15, 0.2) is 48.0 Å². The minimum absolute atomic E-state index is 0.825. The van der Waals surface area contributed by atoms with Crippen LogP contribution < -0.4 is 14.2 Å². The number of hydrogen-bond acceptors (Lipinski definition) is 4. The van der Waals surface area contributed by atoms with E-state index in [0.29, 0.717) is 0 Å². The van der Waals surface area contributed by atoms with Crippen molar-refractivity contribution in [3.63, 3.8) is 0 Å². The van der Waals surface area contributed by atoms with E-state index in [-0.39, 0.29) is 0 Å². The molecule has 0 heterocycles. The van der Waals surface area contributed by atoms with Gasteiger partial charge in [-0.3, -0.25) is 0 Å². The van der Waals surface area contributed by atoms with Crippen LogP contribution >= 0.6 is 0 Å². The van der Waals surface area contributed by atoms with E-state index in [9.17, 15) is 0 Å². The summed E-state index contributed by atoms with van der Waals surface area (Å²) >= 11 is 0. The van der Waals surface area contributed by atoms with Crippen molar-refractivity contribution in [2.45, 2.75) is 38.5 Å². The Balaban J connectivity index is 1.45. The Morgan fingerprint density at radius 1 is 0.833 bits per heavy atom. The molecule has 0 N–H and O–H groups in total. The van der Waals surface area contributed by atoms with Crippen LogP contribution in [0.3, 0.4) is 0 Å². The third-order valence-corrected chi connectivity index (χ3v) is 5.99. The zero-order chi connectivity index (χ0) is 21.3. The zero-order valence-corrected chi connectivity index (χ0v) is 18.9. The summed E-state index contributed by atoms with van der Waals surface area (Å²) < 4.78 is 16.3. The molecular weight excluding hydrogens is 374 g/mol. The van der Waals surface area contributed by atoms with Crippen LogP contribution in [-0.2, 0) is 19.3 Å². The molecule has 0 atom stereocenters. The smallest absolute Gasteiger partial charge is 0.161 e. The second-order valence-corrected chi connectivity index (χ2v) is 8.05. The molecule has 1 aliphatic carbocycles. The zero-order valence-electron chi connectivity index (χ0n) is 18.9. The summed E-state index contributed by atoms with van der Waals surface area (Å²) in [6.45, 7) is 2.19. The number of benzene rings is 2. The first-order valence-corrected chi connectivity index (χ1v) is 10.9. The van der Waals surface area contributed by atoms with Gasteiger partial charge in [0.25, 0.3) is 0 Å². The lowest BCUT2D eigenvalue weighted by Crippen LogP contribution is -2.22. The Morgan fingerprint density at radius 2 is 1.60 bits per heavy atom. The van der Waals surface area contributed by atoms with Crippen LogP contribution in [-0.4, -0.2) is 46.4 Å². The van der Waals surface area contributed by atoms with Gasteiger partial charge in [0, 0.05) is 6.54 Å². The summed E-state index contributed by atoms with van der Waals surface area (Å²) in [7, 11) is 7.34. The molecule has 4 nitrogen and oxygen atoms in total. The van der Waals surface area contributed by atoms with E-state index in [4.69, 9.17) is 14.2 Å². The van der Waals surface area contributed by atoms with Gasteiger partial charge in [0.15, 0.2) is 11.5 Å². The third kappa shape index (κ3) is 6.02. The van der Waals surface area contributed by atoms with E-state index in [1.165, 1.54) is 29.5 Å². The lowest BCUT2D eigenvalue weighted by molar-refractivity contribution is 0.332. The van der Waals surface area contributed by atoms with Gasteiger partial charge in [0.2, 0.25) is 0 Å². The van der Waals surface area contributed by atoms with Crippen molar-refractivity contribution in [1.82, 2.24) is 4.90 Å². The number of hydrogen-bond donors (Lipinski definition) is 0. The lowest BCUT2D eigenvalue weighted by Gasteiger charge is -2.17. The highest BCUT2D eigenvalue weighted by Gasteiger charge is 2.14. The van der Waals surface area contributed by atoms with Gasteiger partial charge in [-0.2, -0.15) is 0 Å². The van der Waals surface area contributed by atoms with E-state index in [2.05, 4.69) is 48.4 Å². The number of allylic oxidation sites excluding steroid dienone is 2. The molecule has 4 heteroatoms. The number of fused-ring (bicyclic) bond motifs is 1. The van der Waals surface area contributed by atoms with Crippen LogP contribution in [0.4, 0.5) is 0 Å². The normalized spacial score (nSPS) is 13.4. The first kappa shape index (κ1) is 22.2. The molecule has 0 fully saturated rings. The summed E-state index contributed by atoms with van der Waals surface area (Å²) in [5.41, 5.74) is 5.65. The maximum absolute atomic E-state index is 5.47. The number of aryl methyl sites for hydroxylation is 1. The number of rotatable bonds is 10. The third-order valence-electron chi connectivity index (χ3n) is 5.99. The molecule has 2 aromatic rings. The Morgan fingerprint density at radius 3 is 2.33 bits per heavy atom. The summed E-state index contributed by atoms with van der Waals surface area (Å²) in [5, 5.41) is 0. The minimum atomic E-state index is 0.825. The molecule has 1 aliphatic rings. The van der Waals surface area contributed by atoms with Gasteiger partial charge in [-0.1, -0.05) is 23.8 Å². The highest BCUT2D eigenvalue weighted by molar-refractivity contribution is 5.49. The largest absolute Gasteiger partial charge is 0.497 e. The van der Waals surface area contributed by atoms with E-state index >= 15 is 0 Å². The second kappa shape index (κ2) is 11.1. The summed E-state index contributed by atoms with van der Waals surface area (Å²) in [4.78, 5) is 2.43. The fourth-order valence-corrected chi connectivity index (χ4v) is 4.10.